The van der Waals surface area contributed by atoms with Gasteiger partial charge in [-0.2, -0.15) is 26.3 Å². The first kappa shape index (κ1) is 20.8. The molecular weight excluding hydrogens is 404 g/mol. The molecule has 0 amide bonds. The van der Waals surface area contributed by atoms with Gasteiger partial charge in [0.05, 0.1) is 5.71 Å². The number of carboxylic acids is 1. The van der Waals surface area contributed by atoms with Crippen LogP contribution in [0.3, 0.4) is 0 Å². The topological polar surface area (TPSA) is 58.9 Å². The maximum atomic E-state index is 13.9. The zero-order valence-corrected chi connectivity index (χ0v) is 14.5. The molecule has 1 heterocycles. The lowest BCUT2D eigenvalue weighted by molar-refractivity contribution is -0.364. The minimum absolute atomic E-state index is 0.0852. The molecule has 154 valence electrons. The summed E-state index contributed by atoms with van der Waals surface area (Å²) in [4.78, 5) is 15.3. The van der Waals surface area contributed by atoms with E-state index in [-0.39, 0.29) is 5.56 Å². The van der Waals surface area contributed by atoms with Gasteiger partial charge < -0.3 is 9.84 Å². The summed E-state index contributed by atoms with van der Waals surface area (Å²) in [5.74, 6) is -2.09. The van der Waals surface area contributed by atoms with E-state index in [1.807, 2.05) is 0 Å². The number of aliphatic carboxylic acids is 1. The van der Waals surface area contributed by atoms with Gasteiger partial charge in [0.25, 0.3) is 5.72 Å². The lowest BCUT2D eigenvalue weighted by Crippen LogP contribution is -2.64. The number of ether oxygens (including phenoxy) is 1. The van der Waals surface area contributed by atoms with Gasteiger partial charge in [-0.1, -0.05) is 60.7 Å². The van der Waals surface area contributed by atoms with Crippen LogP contribution in [0.1, 0.15) is 11.1 Å². The van der Waals surface area contributed by atoms with Crippen LogP contribution in [-0.2, 0) is 21.7 Å². The fraction of sp³-hybridized carbons (Fsp3) is 0.263. The number of rotatable bonds is 4. The van der Waals surface area contributed by atoms with Crippen LogP contribution in [0.4, 0.5) is 26.3 Å². The highest BCUT2D eigenvalue weighted by molar-refractivity contribution is 6.00. The third-order valence-corrected chi connectivity index (χ3v) is 4.47. The van der Waals surface area contributed by atoms with Gasteiger partial charge in [-0.05, 0) is 5.56 Å². The lowest BCUT2D eigenvalue weighted by Gasteiger charge is -2.36. The summed E-state index contributed by atoms with van der Waals surface area (Å²) >= 11 is 0. The predicted octanol–water partition coefficient (Wildman–Crippen LogP) is 4.50. The van der Waals surface area contributed by atoms with E-state index in [4.69, 9.17) is 0 Å². The van der Waals surface area contributed by atoms with E-state index in [1.54, 1.807) is 0 Å². The molecule has 0 radical (unpaired) electrons. The average molecular weight is 417 g/mol. The molecule has 1 atom stereocenters. The van der Waals surface area contributed by atoms with Crippen molar-refractivity contribution < 1.29 is 41.0 Å². The summed E-state index contributed by atoms with van der Waals surface area (Å²) in [7, 11) is 0. The maximum Gasteiger partial charge on any atom is 0.432 e. The van der Waals surface area contributed by atoms with Gasteiger partial charge in [0.15, 0.2) is 0 Å². The van der Waals surface area contributed by atoms with Crippen LogP contribution >= 0.6 is 0 Å². The van der Waals surface area contributed by atoms with Gasteiger partial charge in [0.1, 0.15) is 0 Å². The lowest BCUT2D eigenvalue weighted by atomic mass is 9.91. The van der Waals surface area contributed by atoms with E-state index >= 15 is 0 Å². The van der Waals surface area contributed by atoms with Gasteiger partial charge in [-0.15, -0.1) is 0 Å². The van der Waals surface area contributed by atoms with Crippen LogP contribution in [-0.4, -0.2) is 34.7 Å². The average Bonchev–Trinajstić information content (AvgIpc) is 3.01. The number of carboxylic acid groups (broad SMARTS) is 1. The predicted molar refractivity (Wildman–Crippen MR) is 89.3 cm³/mol. The molecule has 2 aromatic rings. The summed E-state index contributed by atoms with van der Waals surface area (Å²) < 4.78 is 87.7. The first-order valence-electron chi connectivity index (χ1n) is 8.20. The van der Waals surface area contributed by atoms with Gasteiger partial charge in [0.2, 0.25) is 0 Å². The Bertz CT molecular complexity index is 910. The molecule has 2 aromatic carbocycles. The zero-order valence-electron chi connectivity index (χ0n) is 14.5. The van der Waals surface area contributed by atoms with Gasteiger partial charge in [0, 0.05) is 12.0 Å². The molecule has 0 saturated carbocycles. The molecule has 3 rings (SSSR count). The Hall–Kier alpha value is -2.88. The Morgan fingerprint density at radius 2 is 1.38 bits per heavy atom. The van der Waals surface area contributed by atoms with Crippen LogP contribution in [0.5, 0.6) is 0 Å². The van der Waals surface area contributed by atoms with Crippen molar-refractivity contribution in [3.05, 3.63) is 71.8 Å². The van der Waals surface area contributed by atoms with Crippen LogP contribution in [0.15, 0.2) is 65.7 Å². The Balaban J connectivity index is 2.29. The van der Waals surface area contributed by atoms with Crippen molar-refractivity contribution in [3.8, 4) is 0 Å². The quantitative estimate of drug-likeness (QED) is 0.746. The van der Waals surface area contributed by atoms with Gasteiger partial charge in [-0.25, -0.2) is 9.79 Å². The highest BCUT2D eigenvalue weighted by atomic mass is 19.4. The molecule has 29 heavy (non-hydrogen) atoms. The van der Waals surface area contributed by atoms with Crippen molar-refractivity contribution in [1.82, 2.24) is 0 Å². The monoisotopic (exact) mass is 417 g/mol. The van der Waals surface area contributed by atoms with Gasteiger partial charge in [-0.3, -0.25) is 0 Å². The molecule has 0 aromatic heterocycles. The number of alkyl halides is 6. The minimum atomic E-state index is -6.01. The fourth-order valence-corrected chi connectivity index (χ4v) is 3.13. The van der Waals surface area contributed by atoms with E-state index in [9.17, 15) is 36.2 Å². The van der Waals surface area contributed by atoms with Crippen molar-refractivity contribution in [1.29, 1.82) is 0 Å². The SMILES string of the molecule is O=C(O)C1(c2ccccc2)N=C(Cc2ccccc2)C(C(F)(F)F)(C(F)(F)F)O1. The van der Waals surface area contributed by atoms with Gasteiger partial charge >= 0.3 is 23.9 Å². The largest absolute Gasteiger partial charge is 0.477 e. The van der Waals surface area contributed by atoms with Crippen molar-refractivity contribution in [3.63, 3.8) is 0 Å². The number of halogens is 6. The molecule has 1 aliphatic heterocycles. The second-order valence-electron chi connectivity index (χ2n) is 6.31. The standard InChI is InChI=1S/C19H13F6NO3/c20-18(21,22)17(19(23,24)25)14(11-12-7-3-1-4-8-12)26-16(29-17,15(27)28)13-9-5-2-6-10-13/h1-10H,11H2,(H,27,28). The summed E-state index contributed by atoms with van der Waals surface area (Å²) in [5, 5.41) is 9.60. The molecule has 0 spiro atoms. The molecule has 0 fully saturated rings. The van der Waals surface area contributed by atoms with Crippen molar-refractivity contribution in [2.24, 2.45) is 4.99 Å². The number of nitrogens with zero attached hydrogens (tertiary/aromatic N) is 1. The Kier molecular flexibility index (Phi) is 4.94. The Morgan fingerprint density at radius 1 is 0.897 bits per heavy atom. The second kappa shape index (κ2) is 6.87. The van der Waals surface area contributed by atoms with Crippen LogP contribution < -0.4 is 0 Å². The van der Waals surface area contributed by atoms with Crippen molar-refractivity contribution in [2.45, 2.75) is 30.1 Å². The summed E-state index contributed by atoms with van der Waals surface area (Å²) in [5.41, 5.74) is -9.93. The molecule has 1 N–H and O–H groups in total. The van der Waals surface area contributed by atoms with E-state index in [0.29, 0.717) is 0 Å². The molecule has 4 nitrogen and oxygen atoms in total. The van der Waals surface area contributed by atoms with E-state index in [2.05, 4.69) is 9.73 Å². The number of hydrogen-bond acceptors (Lipinski definition) is 3. The van der Waals surface area contributed by atoms with Crippen molar-refractivity contribution in [2.75, 3.05) is 0 Å². The van der Waals surface area contributed by atoms with Crippen LogP contribution in [0.25, 0.3) is 0 Å². The third kappa shape index (κ3) is 3.27. The highest BCUT2D eigenvalue weighted by Gasteiger charge is 2.80. The van der Waals surface area contributed by atoms with E-state index in [1.165, 1.54) is 48.5 Å². The highest BCUT2D eigenvalue weighted by Crippen LogP contribution is 2.55. The summed E-state index contributed by atoms with van der Waals surface area (Å²) in [6, 6.07) is 13.0. The van der Waals surface area contributed by atoms with E-state index in [0.717, 1.165) is 12.1 Å². The molecule has 1 unspecified atom stereocenters. The number of benzene rings is 2. The Morgan fingerprint density at radius 3 is 1.83 bits per heavy atom. The third-order valence-electron chi connectivity index (χ3n) is 4.47. The van der Waals surface area contributed by atoms with Crippen LogP contribution in [0.2, 0.25) is 0 Å². The second-order valence-corrected chi connectivity index (χ2v) is 6.31. The molecule has 0 aliphatic carbocycles. The molecule has 0 bridgehead atoms. The number of aliphatic imine (C=N–C) groups is 1. The Labute approximate surface area is 160 Å². The minimum Gasteiger partial charge on any atom is -0.477 e. The summed E-state index contributed by atoms with van der Waals surface area (Å²) in [6.45, 7) is 0. The first-order chi connectivity index (χ1) is 13.4. The zero-order chi connectivity index (χ0) is 21.5. The normalized spacial score (nSPS) is 21.7. The maximum absolute atomic E-state index is 13.9. The smallest absolute Gasteiger partial charge is 0.432 e. The van der Waals surface area contributed by atoms with Crippen molar-refractivity contribution >= 4 is 11.7 Å². The summed E-state index contributed by atoms with van der Waals surface area (Å²) in [6.07, 6.45) is -12.9. The molecule has 10 heteroatoms. The fourth-order valence-electron chi connectivity index (χ4n) is 3.13. The van der Waals surface area contributed by atoms with E-state index < -0.39 is 47.3 Å². The molecular formula is C19H13F6NO3. The van der Waals surface area contributed by atoms with Crippen LogP contribution in [0, 0.1) is 0 Å². The molecule has 0 saturated heterocycles. The number of carbonyl (C=O) groups is 1. The first-order valence-corrected chi connectivity index (χ1v) is 8.20. The molecule has 1 aliphatic rings. The number of hydrogen-bond donors (Lipinski definition) is 1.